The number of hydrogen-bond acceptors (Lipinski definition) is 7. The first-order chi connectivity index (χ1) is 7.80. The lowest BCUT2D eigenvalue weighted by Crippen LogP contribution is -2.10. The first-order valence-corrected chi connectivity index (χ1v) is 4.98. The highest BCUT2D eigenvalue weighted by atomic mass is 16.5. The second-order valence-electron chi connectivity index (χ2n) is 2.75. The summed E-state index contributed by atoms with van der Waals surface area (Å²) in [5.74, 6) is 0.408. The van der Waals surface area contributed by atoms with Crippen molar-refractivity contribution in [2.45, 2.75) is 6.92 Å². The average molecular weight is 228 g/mol. The Kier molecular flexibility index (Phi) is 5.27. The second kappa shape index (κ2) is 6.78. The Labute approximate surface area is 94.2 Å². The van der Waals surface area contributed by atoms with Gasteiger partial charge >= 0.3 is 12.0 Å². The highest BCUT2D eigenvalue weighted by Crippen LogP contribution is 2.12. The lowest BCUT2D eigenvalue weighted by molar-refractivity contribution is 0.139. The molecule has 1 N–H and O–H groups in total. The number of rotatable bonds is 7. The summed E-state index contributed by atoms with van der Waals surface area (Å²) in [5, 5.41) is 2.80. The van der Waals surface area contributed by atoms with E-state index in [1.807, 2.05) is 6.92 Å². The van der Waals surface area contributed by atoms with Crippen molar-refractivity contribution in [2.24, 2.45) is 0 Å². The van der Waals surface area contributed by atoms with Gasteiger partial charge in [0.25, 0.3) is 0 Å². The molecule has 0 unspecified atom stereocenters. The van der Waals surface area contributed by atoms with E-state index in [4.69, 9.17) is 14.2 Å². The third-order valence-electron chi connectivity index (χ3n) is 1.61. The molecule has 0 radical (unpaired) electrons. The molecule has 1 rings (SSSR count). The molecule has 0 aliphatic carbocycles. The van der Waals surface area contributed by atoms with Crippen LogP contribution in [-0.4, -0.2) is 48.9 Å². The fourth-order valence-electron chi connectivity index (χ4n) is 0.924. The van der Waals surface area contributed by atoms with Crippen LogP contribution >= 0.6 is 0 Å². The van der Waals surface area contributed by atoms with Gasteiger partial charge in [-0.2, -0.15) is 9.97 Å². The molecule has 1 aromatic rings. The maximum Gasteiger partial charge on any atom is 0.324 e. The van der Waals surface area contributed by atoms with Gasteiger partial charge in [0.2, 0.25) is 5.95 Å². The number of anilines is 1. The molecule has 0 spiro atoms. The normalized spacial score (nSPS) is 9.94. The molecule has 0 bridgehead atoms. The van der Waals surface area contributed by atoms with Gasteiger partial charge in [0.05, 0.1) is 13.2 Å². The zero-order valence-corrected chi connectivity index (χ0v) is 9.69. The largest absolute Gasteiger partial charge is 0.464 e. The molecule has 0 saturated carbocycles. The minimum Gasteiger partial charge on any atom is -0.464 e. The maximum absolute atomic E-state index is 5.27. The first-order valence-electron chi connectivity index (χ1n) is 4.98. The van der Waals surface area contributed by atoms with Gasteiger partial charge < -0.3 is 19.5 Å². The van der Waals surface area contributed by atoms with Gasteiger partial charge in [-0.05, 0) is 6.92 Å². The number of methoxy groups -OCH3 is 1. The average Bonchev–Trinajstić information content (AvgIpc) is 2.29. The Morgan fingerprint density at radius 3 is 2.31 bits per heavy atom. The van der Waals surface area contributed by atoms with Crippen LogP contribution in [0.3, 0.4) is 0 Å². The number of nitrogens with zero attached hydrogens (tertiary/aromatic N) is 3. The number of aromatic nitrogens is 3. The monoisotopic (exact) mass is 228 g/mol. The molecule has 0 fully saturated rings. The quantitative estimate of drug-likeness (QED) is 0.674. The minimum atomic E-state index is 0.222. The zero-order chi connectivity index (χ0) is 11.8. The van der Waals surface area contributed by atoms with Gasteiger partial charge in [0.1, 0.15) is 6.61 Å². The molecule has 1 heterocycles. The fourth-order valence-corrected chi connectivity index (χ4v) is 0.924. The van der Waals surface area contributed by atoms with Crippen molar-refractivity contribution in [3.05, 3.63) is 0 Å². The zero-order valence-electron chi connectivity index (χ0n) is 9.69. The van der Waals surface area contributed by atoms with Crippen LogP contribution in [0.25, 0.3) is 0 Å². The molecule has 0 atom stereocenters. The molecule has 7 heteroatoms. The Morgan fingerprint density at radius 2 is 1.75 bits per heavy atom. The Hall–Kier alpha value is -1.63. The molecule has 7 nitrogen and oxygen atoms in total. The van der Waals surface area contributed by atoms with Crippen molar-refractivity contribution in [3.63, 3.8) is 0 Å². The van der Waals surface area contributed by atoms with Crippen LogP contribution in [-0.2, 0) is 4.74 Å². The summed E-state index contributed by atoms with van der Waals surface area (Å²) in [5.41, 5.74) is 0. The van der Waals surface area contributed by atoms with Crippen LogP contribution in [0.2, 0.25) is 0 Å². The van der Waals surface area contributed by atoms with Crippen LogP contribution in [0.4, 0.5) is 5.95 Å². The molecular weight excluding hydrogens is 212 g/mol. The summed E-state index contributed by atoms with van der Waals surface area (Å²) in [6, 6.07) is 0.467. The van der Waals surface area contributed by atoms with Crippen molar-refractivity contribution in [1.82, 2.24) is 15.0 Å². The molecule has 0 aliphatic heterocycles. The van der Waals surface area contributed by atoms with Gasteiger partial charge in [-0.1, -0.05) is 0 Å². The summed E-state index contributed by atoms with van der Waals surface area (Å²) < 4.78 is 15.3. The highest BCUT2D eigenvalue weighted by molar-refractivity contribution is 5.26. The standard InChI is InChI=1S/C9H16N4O3/c1-4-15-8-11-7(10-2)12-9(13-8)16-6-5-14-3/h4-6H2,1-3H3,(H,10,11,12,13). The summed E-state index contributed by atoms with van der Waals surface area (Å²) in [4.78, 5) is 12.0. The van der Waals surface area contributed by atoms with Gasteiger partial charge in [0.15, 0.2) is 0 Å². The van der Waals surface area contributed by atoms with Gasteiger partial charge in [-0.3, -0.25) is 0 Å². The molecule has 0 aromatic carbocycles. The van der Waals surface area contributed by atoms with Crippen LogP contribution in [0.5, 0.6) is 12.0 Å². The van der Waals surface area contributed by atoms with E-state index in [2.05, 4.69) is 20.3 Å². The van der Waals surface area contributed by atoms with Crippen LogP contribution < -0.4 is 14.8 Å². The van der Waals surface area contributed by atoms with Crippen LogP contribution in [0.15, 0.2) is 0 Å². The molecule has 0 amide bonds. The lowest BCUT2D eigenvalue weighted by Gasteiger charge is -2.07. The molecule has 0 saturated heterocycles. The highest BCUT2D eigenvalue weighted by Gasteiger charge is 2.06. The molecule has 16 heavy (non-hydrogen) atoms. The fraction of sp³-hybridized carbons (Fsp3) is 0.667. The minimum absolute atomic E-state index is 0.222. The van der Waals surface area contributed by atoms with Crippen molar-refractivity contribution in [2.75, 3.05) is 39.3 Å². The molecule has 90 valence electrons. The smallest absolute Gasteiger partial charge is 0.324 e. The van der Waals surface area contributed by atoms with Crippen molar-refractivity contribution in [3.8, 4) is 12.0 Å². The van der Waals surface area contributed by atoms with E-state index >= 15 is 0 Å². The predicted octanol–water partition coefficient (Wildman–Crippen LogP) is 0.337. The summed E-state index contributed by atoms with van der Waals surface area (Å²) in [7, 11) is 3.31. The second-order valence-corrected chi connectivity index (χ2v) is 2.75. The van der Waals surface area contributed by atoms with E-state index < -0.39 is 0 Å². The molecule has 1 aromatic heterocycles. The van der Waals surface area contributed by atoms with E-state index in [1.54, 1.807) is 14.2 Å². The summed E-state index contributed by atoms with van der Waals surface area (Å²) >= 11 is 0. The van der Waals surface area contributed by atoms with Crippen LogP contribution in [0.1, 0.15) is 6.92 Å². The number of nitrogens with one attached hydrogen (secondary N) is 1. The first kappa shape index (κ1) is 12.4. The summed E-state index contributed by atoms with van der Waals surface area (Å²) in [6.45, 7) is 3.21. The topological polar surface area (TPSA) is 78.4 Å². The molecular formula is C9H16N4O3. The predicted molar refractivity (Wildman–Crippen MR) is 57.9 cm³/mol. The van der Waals surface area contributed by atoms with E-state index in [0.717, 1.165) is 0 Å². The van der Waals surface area contributed by atoms with Gasteiger partial charge in [-0.25, -0.2) is 0 Å². The van der Waals surface area contributed by atoms with E-state index in [9.17, 15) is 0 Å². The van der Waals surface area contributed by atoms with E-state index in [1.165, 1.54) is 0 Å². The summed E-state index contributed by atoms with van der Waals surface area (Å²) in [6.07, 6.45) is 0. The number of ether oxygens (including phenoxy) is 3. The Bertz CT molecular complexity index is 322. The Morgan fingerprint density at radius 1 is 1.06 bits per heavy atom. The van der Waals surface area contributed by atoms with Gasteiger partial charge in [0, 0.05) is 14.2 Å². The van der Waals surface area contributed by atoms with Crippen molar-refractivity contribution >= 4 is 5.95 Å². The Balaban J connectivity index is 2.69. The van der Waals surface area contributed by atoms with Gasteiger partial charge in [-0.15, -0.1) is 4.98 Å². The van der Waals surface area contributed by atoms with E-state index in [0.29, 0.717) is 25.8 Å². The van der Waals surface area contributed by atoms with Crippen LogP contribution in [0, 0.1) is 0 Å². The lowest BCUT2D eigenvalue weighted by atomic mass is 10.8. The van der Waals surface area contributed by atoms with Crippen molar-refractivity contribution < 1.29 is 14.2 Å². The third kappa shape index (κ3) is 3.85. The SMILES string of the molecule is CCOc1nc(NC)nc(OCCOC)n1. The maximum atomic E-state index is 5.27. The van der Waals surface area contributed by atoms with E-state index in [-0.39, 0.29) is 12.0 Å². The third-order valence-corrected chi connectivity index (χ3v) is 1.61. The van der Waals surface area contributed by atoms with Crippen molar-refractivity contribution in [1.29, 1.82) is 0 Å². The molecule has 0 aliphatic rings. The number of hydrogen-bond donors (Lipinski definition) is 1.